The van der Waals surface area contributed by atoms with Crippen LogP contribution in [0.5, 0.6) is 17.4 Å². The number of nitrogens with one attached hydrogen (secondary N) is 2. The zero-order chi connectivity index (χ0) is 22.5. The monoisotopic (exact) mass is 445 g/mol. The number of hydrogen-bond donors (Lipinski definition) is 2. The molecular weight excluding hydrogens is 418 g/mol. The molecule has 0 saturated heterocycles. The number of benzene rings is 1. The summed E-state index contributed by atoms with van der Waals surface area (Å²) in [4.78, 5) is 13.1. The zero-order valence-electron chi connectivity index (χ0n) is 18.6. The van der Waals surface area contributed by atoms with E-state index in [1.807, 2.05) is 43.6 Å². The molecule has 5 rings (SSSR count). The number of fused-ring (bicyclic) bond motifs is 1. The minimum Gasteiger partial charge on any atom is -0.491 e. The van der Waals surface area contributed by atoms with Gasteiger partial charge in [0, 0.05) is 43.4 Å². The van der Waals surface area contributed by atoms with Gasteiger partial charge in [0.2, 0.25) is 5.88 Å². The molecule has 1 fully saturated rings. The highest BCUT2D eigenvalue weighted by Gasteiger charge is 2.13. The Hall–Kier alpha value is -3.72. The van der Waals surface area contributed by atoms with E-state index in [-0.39, 0.29) is 0 Å². The van der Waals surface area contributed by atoms with Crippen molar-refractivity contribution in [2.75, 3.05) is 18.5 Å². The molecule has 0 aliphatic heterocycles. The van der Waals surface area contributed by atoms with E-state index in [0.29, 0.717) is 35.9 Å². The zero-order valence-corrected chi connectivity index (χ0v) is 18.6. The van der Waals surface area contributed by atoms with Crippen molar-refractivity contribution < 1.29 is 9.47 Å². The summed E-state index contributed by atoms with van der Waals surface area (Å²) in [6, 6.07) is 11.9. The molecule has 0 spiro atoms. The Bertz CT molecular complexity index is 1200. The summed E-state index contributed by atoms with van der Waals surface area (Å²) in [5.74, 6) is 3.22. The van der Waals surface area contributed by atoms with Crippen LogP contribution in [-0.2, 0) is 7.05 Å². The first-order valence-corrected chi connectivity index (χ1v) is 11.2. The van der Waals surface area contributed by atoms with Crippen molar-refractivity contribution in [1.82, 2.24) is 30.0 Å². The summed E-state index contributed by atoms with van der Waals surface area (Å²) in [5, 5.41) is 11.9. The van der Waals surface area contributed by atoms with Crippen molar-refractivity contribution in [2.45, 2.75) is 31.7 Å². The fourth-order valence-electron chi connectivity index (χ4n) is 4.00. The molecule has 9 nitrogen and oxygen atoms in total. The van der Waals surface area contributed by atoms with Gasteiger partial charge >= 0.3 is 0 Å². The molecule has 1 aliphatic rings. The van der Waals surface area contributed by atoms with Crippen molar-refractivity contribution in [1.29, 1.82) is 0 Å². The number of pyridine rings is 1. The Morgan fingerprint density at radius 1 is 1.03 bits per heavy atom. The number of aryl methyl sites for hydroxylation is 1. The maximum Gasteiger partial charge on any atom is 0.219 e. The van der Waals surface area contributed by atoms with Gasteiger partial charge in [-0.3, -0.25) is 4.68 Å². The predicted molar refractivity (Wildman–Crippen MR) is 126 cm³/mol. The van der Waals surface area contributed by atoms with Gasteiger partial charge in [0.05, 0.1) is 11.7 Å². The fraction of sp³-hybridized carbons (Fsp3) is 0.333. The van der Waals surface area contributed by atoms with Crippen molar-refractivity contribution in [3.05, 3.63) is 55.1 Å². The minimum absolute atomic E-state index is 0.488. The number of rotatable bonds is 9. The Kier molecular flexibility index (Phi) is 6.30. The summed E-state index contributed by atoms with van der Waals surface area (Å²) >= 11 is 0. The minimum atomic E-state index is 0.488. The van der Waals surface area contributed by atoms with Gasteiger partial charge in [0.1, 0.15) is 30.3 Å². The fourth-order valence-corrected chi connectivity index (χ4v) is 4.00. The van der Waals surface area contributed by atoms with Crippen molar-refractivity contribution in [3.63, 3.8) is 0 Å². The quantitative estimate of drug-likeness (QED) is 0.370. The van der Waals surface area contributed by atoms with E-state index in [1.165, 1.54) is 32.0 Å². The molecule has 0 atom stereocenters. The van der Waals surface area contributed by atoms with Crippen LogP contribution in [0.15, 0.2) is 55.1 Å². The second-order valence-electron chi connectivity index (χ2n) is 8.12. The van der Waals surface area contributed by atoms with Crippen LogP contribution in [0.1, 0.15) is 25.7 Å². The topological polar surface area (TPSA) is 99.0 Å². The maximum atomic E-state index is 5.96. The van der Waals surface area contributed by atoms with E-state index in [2.05, 4.69) is 30.7 Å². The number of hydrogen-bond acceptors (Lipinski definition) is 8. The van der Waals surface area contributed by atoms with Gasteiger partial charge < -0.3 is 20.1 Å². The third-order valence-corrected chi connectivity index (χ3v) is 5.66. The summed E-state index contributed by atoms with van der Waals surface area (Å²) < 4.78 is 13.5. The Morgan fingerprint density at radius 3 is 2.70 bits per heavy atom. The average molecular weight is 446 g/mol. The molecule has 1 saturated carbocycles. The summed E-state index contributed by atoms with van der Waals surface area (Å²) in [6.45, 7) is 1.46. The lowest BCUT2D eigenvalue weighted by Gasteiger charge is -2.12. The standard InChI is InChI=1S/C24H27N7O2/c1-31-12-10-22(30-31)29-24-20-14-18(6-8-21(20)27-16-28-24)33-23-9-7-19(15-26-23)32-13-11-25-17-4-2-3-5-17/h6-10,12,14-17,25H,2-5,11,13H2,1H3,(H,27,28,29,30). The van der Waals surface area contributed by atoms with Gasteiger partial charge in [-0.1, -0.05) is 12.8 Å². The Balaban J connectivity index is 1.21. The summed E-state index contributed by atoms with van der Waals surface area (Å²) in [6.07, 6.45) is 10.3. The normalized spacial score (nSPS) is 14.0. The first-order valence-electron chi connectivity index (χ1n) is 11.2. The molecule has 0 bridgehead atoms. The molecular formula is C24H27N7O2. The predicted octanol–water partition coefficient (Wildman–Crippen LogP) is 4.21. The maximum absolute atomic E-state index is 5.96. The van der Waals surface area contributed by atoms with Crippen LogP contribution in [0.3, 0.4) is 0 Å². The Morgan fingerprint density at radius 2 is 1.91 bits per heavy atom. The average Bonchev–Trinajstić information content (AvgIpc) is 3.50. The molecule has 0 amide bonds. The highest BCUT2D eigenvalue weighted by atomic mass is 16.5. The van der Waals surface area contributed by atoms with Gasteiger partial charge in [-0.05, 0) is 37.1 Å². The Labute approximate surface area is 192 Å². The van der Waals surface area contributed by atoms with Crippen molar-refractivity contribution >= 4 is 22.5 Å². The van der Waals surface area contributed by atoms with Gasteiger partial charge in [-0.25, -0.2) is 15.0 Å². The number of ether oxygens (including phenoxy) is 2. The molecule has 0 radical (unpaired) electrons. The van der Waals surface area contributed by atoms with Gasteiger partial charge in [-0.15, -0.1) is 0 Å². The first kappa shape index (κ1) is 21.1. The van der Waals surface area contributed by atoms with Crippen LogP contribution in [0.4, 0.5) is 11.6 Å². The number of aromatic nitrogens is 5. The molecule has 0 unspecified atom stereocenters. The van der Waals surface area contributed by atoms with Crippen LogP contribution < -0.4 is 20.1 Å². The van der Waals surface area contributed by atoms with Crippen LogP contribution in [0.25, 0.3) is 10.9 Å². The van der Waals surface area contributed by atoms with Gasteiger partial charge in [0.25, 0.3) is 0 Å². The largest absolute Gasteiger partial charge is 0.491 e. The van der Waals surface area contributed by atoms with E-state index in [1.54, 1.807) is 16.9 Å². The van der Waals surface area contributed by atoms with Crippen LogP contribution in [0, 0.1) is 0 Å². The highest BCUT2D eigenvalue weighted by Crippen LogP contribution is 2.29. The summed E-state index contributed by atoms with van der Waals surface area (Å²) in [5.41, 5.74) is 0.804. The SMILES string of the molecule is Cn1ccc(Nc2ncnc3ccc(Oc4ccc(OCCNC5CCCC5)cn4)cc23)n1. The molecule has 1 aliphatic carbocycles. The van der Waals surface area contributed by atoms with Crippen molar-refractivity contribution in [3.8, 4) is 17.4 Å². The molecule has 33 heavy (non-hydrogen) atoms. The second-order valence-corrected chi connectivity index (χ2v) is 8.12. The third kappa shape index (κ3) is 5.38. The van der Waals surface area contributed by atoms with Crippen LogP contribution >= 0.6 is 0 Å². The van der Waals surface area contributed by atoms with E-state index >= 15 is 0 Å². The highest BCUT2D eigenvalue weighted by molar-refractivity contribution is 5.91. The second kappa shape index (κ2) is 9.83. The van der Waals surface area contributed by atoms with Crippen molar-refractivity contribution in [2.24, 2.45) is 7.05 Å². The molecule has 170 valence electrons. The van der Waals surface area contributed by atoms with Crippen LogP contribution in [-0.4, -0.2) is 43.9 Å². The smallest absolute Gasteiger partial charge is 0.219 e. The summed E-state index contributed by atoms with van der Waals surface area (Å²) in [7, 11) is 1.87. The molecule has 9 heteroatoms. The van der Waals surface area contributed by atoms with E-state index in [9.17, 15) is 0 Å². The molecule has 3 heterocycles. The number of nitrogens with zero attached hydrogens (tertiary/aromatic N) is 5. The lowest BCUT2D eigenvalue weighted by atomic mass is 10.2. The van der Waals surface area contributed by atoms with Gasteiger partial charge in [-0.2, -0.15) is 5.10 Å². The molecule has 4 aromatic rings. The third-order valence-electron chi connectivity index (χ3n) is 5.66. The first-order chi connectivity index (χ1) is 16.2. The van der Waals surface area contributed by atoms with E-state index in [0.717, 1.165) is 23.2 Å². The van der Waals surface area contributed by atoms with E-state index in [4.69, 9.17) is 9.47 Å². The molecule has 3 aromatic heterocycles. The lowest BCUT2D eigenvalue weighted by molar-refractivity contribution is 0.303. The molecule has 1 aromatic carbocycles. The van der Waals surface area contributed by atoms with Crippen LogP contribution in [0.2, 0.25) is 0 Å². The number of anilines is 2. The molecule has 2 N–H and O–H groups in total. The van der Waals surface area contributed by atoms with E-state index < -0.39 is 0 Å². The lowest BCUT2D eigenvalue weighted by Crippen LogP contribution is -2.30. The van der Waals surface area contributed by atoms with Gasteiger partial charge in [0.15, 0.2) is 5.82 Å².